The molecular formula is C24H27N6O6+. The van der Waals surface area contributed by atoms with Crippen LogP contribution in [0.25, 0.3) is 11.2 Å². The molecule has 12 heteroatoms. The van der Waals surface area contributed by atoms with Gasteiger partial charge in [0.05, 0.1) is 34.2 Å². The Morgan fingerprint density at radius 2 is 1.75 bits per heavy atom. The van der Waals surface area contributed by atoms with E-state index in [1.165, 1.54) is 32.9 Å². The summed E-state index contributed by atoms with van der Waals surface area (Å²) in [5.41, 5.74) is 0.771. The zero-order chi connectivity index (χ0) is 26.0. The quantitative estimate of drug-likeness (QED) is 0.357. The van der Waals surface area contributed by atoms with E-state index in [2.05, 4.69) is 10.3 Å². The number of methoxy groups -OCH3 is 3. The smallest absolute Gasteiger partial charge is 0.332 e. The Labute approximate surface area is 205 Å². The summed E-state index contributed by atoms with van der Waals surface area (Å²) in [5, 5.41) is 2.87. The van der Waals surface area contributed by atoms with Crippen LogP contribution >= 0.6 is 0 Å². The third-order valence-electron chi connectivity index (χ3n) is 5.86. The van der Waals surface area contributed by atoms with Gasteiger partial charge in [-0.05, 0) is 18.2 Å². The molecule has 4 aromatic rings. The fourth-order valence-electron chi connectivity index (χ4n) is 3.94. The van der Waals surface area contributed by atoms with Gasteiger partial charge in [0.1, 0.15) is 5.69 Å². The van der Waals surface area contributed by atoms with E-state index in [4.69, 9.17) is 14.2 Å². The van der Waals surface area contributed by atoms with Crippen molar-refractivity contribution in [3.63, 3.8) is 0 Å². The number of carbonyl (C=O) groups is 1. The SMILES string of the molecule is COc1cc(C(=O)Nc2ccc[n+](CCn3cnc4c3c(=O)n(C)c(=O)n4C)c2)cc(OC)c1OC. The highest BCUT2D eigenvalue weighted by molar-refractivity contribution is 6.05. The molecule has 0 fully saturated rings. The van der Waals surface area contributed by atoms with E-state index >= 15 is 0 Å². The van der Waals surface area contributed by atoms with Crippen molar-refractivity contribution in [1.29, 1.82) is 0 Å². The highest BCUT2D eigenvalue weighted by Crippen LogP contribution is 2.38. The van der Waals surface area contributed by atoms with Gasteiger partial charge < -0.3 is 24.1 Å². The minimum absolute atomic E-state index is 0.333. The highest BCUT2D eigenvalue weighted by Gasteiger charge is 2.18. The number of hydrogen-bond donors (Lipinski definition) is 1. The second-order valence-electron chi connectivity index (χ2n) is 8.01. The Hall–Kier alpha value is -4.61. The largest absolute Gasteiger partial charge is 0.493 e. The summed E-state index contributed by atoms with van der Waals surface area (Å²) in [6.07, 6.45) is 5.17. The fraction of sp³-hybridized carbons (Fsp3) is 0.292. The minimum atomic E-state index is -0.428. The van der Waals surface area contributed by atoms with Crippen molar-refractivity contribution in [1.82, 2.24) is 18.7 Å². The number of anilines is 1. The maximum atomic E-state index is 12.9. The van der Waals surface area contributed by atoms with Crippen LogP contribution in [0.5, 0.6) is 17.2 Å². The fourth-order valence-corrected chi connectivity index (χ4v) is 3.94. The normalized spacial score (nSPS) is 10.9. The molecule has 0 saturated heterocycles. The molecule has 3 heterocycles. The number of aromatic nitrogens is 5. The topological polar surface area (TPSA) is 122 Å². The van der Waals surface area contributed by atoms with Gasteiger partial charge in [-0.3, -0.25) is 18.7 Å². The second kappa shape index (κ2) is 9.94. The van der Waals surface area contributed by atoms with Gasteiger partial charge in [0.25, 0.3) is 11.5 Å². The molecule has 1 N–H and O–H groups in total. The molecule has 4 rings (SSSR count). The first-order valence-electron chi connectivity index (χ1n) is 11.0. The molecule has 0 aliphatic heterocycles. The van der Waals surface area contributed by atoms with Crippen molar-refractivity contribution in [3.05, 3.63) is 69.4 Å². The molecule has 0 bridgehead atoms. The maximum absolute atomic E-state index is 12.9. The van der Waals surface area contributed by atoms with Crippen molar-refractivity contribution in [2.75, 3.05) is 26.6 Å². The van der Waals surface area contributed by atoms with Gasteiger partial charge >= 0.3 is 5.69 Å². The lowest BCUT2D eigenvalue weighted by Gasteiger charge is -2.14. The summed E-state index contributed by atoms with van der Waals surface area (Å²) in [5.74, 6) is 0.802. The van der Waals surface area contributed by atoms with Crippen LogP contribution in [0.1, 0.15) is 10.4 Å². The zero-order valence-electron chi connectivity index (χ0n) is 20.6. The predicted molar refractivity (Wildman–Crippen MR) is 131 cm³/mol. The lowest BCUT2D eigenvalue weighted by atomic mass is 10.1. The van der Waals surface area contributed by atoms with E-state index in [0.29, 0.717) is 52.8 Å². The number of benzene rings is 1. The molecule has 0 aliphatic rings. The number of nitrogens with one attached hydrogen (secondary N) is 1. The van der Waals surface area contributed by atoms with Crippen molar-refractivity contribution < 1.29 is 23.6 Å². The van der Waals surface area contributed by atoms with Crippen LogP contribution in [0.4, 0.5) is 5.69 Å². The minimum Gasteiger partial charge on any atom is -0.493 e. The predicted octanol–water partition coefficient (Wildman–Crippen LogP) is 0.700. The van der Waals surface area contributed by atoms with Crippen LogP contribution in [-0.4, -0.2) is 45.9 Å². The number of amides is 1. The lowest BCUT2D eigenvalue weighted by molar-refractivity contribution is -0.697. The number of fused-ring (bicyclic) bond motifs is 1. The molecule has 0 atom stereocenters. The summed E-state index contributed by atoms with van der Waals surface area (Å²) in [4.78, 5) is 42.0. The number of pyridine rings is 1. The third-order valence-corrected chi connectivity index (χ3v) is 5.86. The van der Waals surface area contributed by atoms with E-state index in [9.17, 15) is 14.4 Å². The third kappa shape index (κ3) is 4.40. The Morgan fingerprint density at radius 3 is 2.39 bits per heavy atom. The van der Waals surface area contributed by atoms with E-state index in [1.54, 1.807) is 48.4 Å². The Kier molecular flexibility index (Phi) is 6.77. The van der Waals surface area contributed by atoms with Crippen molar-refractivity contribution in [2.45, 2.75) is 13.1 Å². The van der Waals surface area contributed by atoms with Crippen LogP contribution < -0.4 is 35.3 Å². The molecule has 0 spiro atoms. The number of aryl methyl sites for hydroxylation is 3. The molecule has 0 aliphatic carbocycles. The first-order chi connectivity index (χ1) is 17.3. The van der Waals surface area contributed by atoms with Crippen molar-refractivity contribution in [2.24, 2.45) is 14.1 Å². The Balaban J connectivity index is 1.54. The van der Waals surface area contributed by atoms with E-state index in [1.807, 2.05) is 10.8 Å². The van der Waals surface area contributed by atoms with Crippen LogP contribution in [0.15, 0.2) is 52.6 Å². The summed E-state index contributed by atoms with van der Waals surface area (Å²) >= 11 is 0. The highest BCUT2D eigenvalue weighted by atomic mass is 16.5. The number of carbonyl (C=O) groups excluding carboxylic acids is 1. The second-order valence-corrected chi connectivity index (χ2v) is 8.01. The average molecular weight is 496 g/mol. The summed E-state index contributed by atoms with van der Waals surface area (Å²) in [6.45, 7) is 0.921. The first-order valence-corrected chi connectivity index (χ1v) is 11.0. The monoisotopic (exact) mass is 495 g/mol. The standard InChI is InChI=1S/C24H26N6O6/c1-27-21-19(23(32)28(2)24(27)33)30(14-25-21)10-9-29-8-6-7-16(13-29)26-22(31)15-11-17(34-3)20(36-5)18(12-15)35-4/h6-8,11-14H,9-10H2,1-5H3/p+1. The van der Waals surface area contributed by atoms with Crippen LogP contribution in [0.2, 0.25) is 0 Å². The van der Waals surface area contributed by atoms with Crippen LogP contribution in [0.3, 0.4) is 0 Å². The van der Waals surface area contributed by atoms with Gasteiger partial charge in [-0.1, -0.05) is 0 Å². The number of imidazole rings is 1. The van der Waals surface area contributed by atoms with E-state index < -0.39 is 11.2 Å². The lowest BCUT2D eigenvalue weighted by Crippen LogP contribution is -2.38. The molecule has 36 heavy (non-hydrogen) atoms. The molecule has 3 aromatic heterocycles. The Bertz CT molecular complexity index is 1540. The average Bonchev–Trinajstić information content (AvgIpc) is 3.33. The van der Waals surface area contributed by atoms with Gasteiger partial charge in [0.15, 0.2) is 41.6 Å². The summed E-state index contributed by atoms with van der Waals surface area (Å²) in [7, 11) is 7.48. The molecule has 12 nitrogen and oxygen atoms in total. The van der Waals surface area contributed by atoms with Gasteiger partial charge in [-0.25, -0.2) is 14.3 Å². The number of nitrogens with zero attached hydrogens (tertiary/aromatic N) is 5. The zero-order valence-corrected chi connectivity index (χ0v) is 20.6. The molecule has 0 radical (unpaired) electrons. The molecule has 188 valence electrons. The number of hydrogen-bond acceptors (Lipinski definition) is 7. The molecular weight excluding hydrogens is 468 g/mol. The van der Waals surface area contributed by atoms with Gasteiger partial charge in [0.2, 0.25) is 5.75 Å². The Morgan fingerprint density at radius 1 is 1.06 bits per heavy atom. The summed E-state index contributed by atoms with van der Waals surface area (Å²) < 4.78 is 22.0. The number of ether oxygens (including phenoxy) is 3. The van der Waals surface area contributed by atoms with E-state index in [-0.39, 0.29) is 5.91 Å². The molecule has 1 amide bonds. The van der Waals surface area contributed by atoms with Crippen LogP contribution in [-0.2, 0) is 27.2 Å². The van der Waals surface area contributed by atoms with Crippen molar-refractivity contribution >= 4 is 22.8 Å². The molecule has 1 aromatic carbocycles. The van der Waals surface area contributed by atoms with Crippen LogP contribution in [0, 0.1) is 0 Å². The maximum Gasteiger partial charge on any atom is 0.332 e. The van der Waals surface area contributed by atoms with E-state index in [0.717, 1.165) is 4.57 Å². The van der Waals surface area contributed by atoms with Gasteiger partial charge in [-0.15, -0.1) is 0 Å². The molecule has 0 saturated carbocycles. The van der Waals surface area contributed by atoms with Gasteiger partial charge in [-0.2, -0.15) is 0 Å². The van der Waals surface area contributed by atoms with Crippen molar-refractivity contribution in [3.8, 4) is 17.2 Å². The first kappa shape index (κ1) is 24.5. The van der Waals surface area contributed by atoms with Gasteiger partial charge in [0, 0.05) is 25.7 Å². The molecule has 0 unspecified atom stereocenters. The number of rotatable bonds is 8. The summed E-state index contributed by atoms with van der Waals surface area (Å²) in [6, 6.07) is 6.72.